The van der Waals surface area contributed by atoms with Gasteiger partial charge in [0.2, 0.25) is 15.9 Å². The van der Waals surface area contributed by atoms with Gasteiger partial charge in [0.05, 0.1) is 36.0 Å². The van der Waals surface area contributed by atoms with E-state index >= 15 is 0 Å². The summed E-state index contributed by atoms with van der Waals surface area (Å²) in [5, 5.41) is 31.3. The Balaban J connectivity index is 1.14. The maximum Gasteiger partial charge on any atom is 0.352 e. The molecule has 0 radical (unpaired) electrons. The average molecular weight is 641 g/mol. The number of benzene rings is 2. The third-order valence-electron chi connectivity index (χ3n) is 11.8. The quantitative estimate of drug-likeness (QED) is 0.262. The van der Waals surface area contributed by atoms with Gasteiger partial charge in [-0.1, -0.05) is 31.2 Å². The van der Waals surface area contributed by atoms with Crippen LogP contribution in [0.4, 0.5) is 0 Å². The highest BCUT2D eigenvalue weighted by Gasteiger charge is 2.60. The molecule has 4 atom stereocenters. The van der Waals surface area contributed by atoms with Crippen molar-refractivity contribution in [1.29, 1.82) is 0 Å². The van der Waals surface area contributed by atoms with E-state index in [1.54, 1.807) is 6.07 Å². The number of carbonyl (C=O) groups excluding carboxylic acids is 1. The predicted molar refractivity (Wildman–Crippen MR) is 166 cm³/mol. The Morgan fingerprint density at radius 2 is 1.71 bits per heavy atom. The van der Waals surface area contributed by atoms with Gasteiger partial charge in [0.15, 0.2) is 0 Å². The van der Waals surface area contributed by atoms with Crippen molar-refractivity contribution in [3.05, 3.63) is 52.7 Å². The molecule has 0 saturated carbocycles. The van der Waals surface area contributed by atoms with Crippen LogP contribution in [-0.2, 0) is 32.6 Å². The van der Waals surface area contributed by atoms with E-state index in [2.05, 4.69) is 0 Å². The van der Waals surface area contributed by atoms with Crippen LogP contribution in [0.25, 0.3) is 10.8 Å². The number of quaternary nitrogens is 2. The third-order valence-corrected chi connectivity index (χ3v) is 13.6. The normalized spacial score (nSPS) is 32.6. The van der Waals surface area contributed by atoms with Crippen molar-refractivity contribution in [2.75, 3.05) is 65.5 Å². The van der Waals surface area contributed by atoms with Crippen molar-refractivity contribution in [1.82, 2.24) is 9.21 Å². The predicted octanol–water partition coefficient (Wildman–Crippen LogP) is 1.13. The zero-order valence-corrected chi connectivity index (χ0v) is 26.9. The van der Waals surface area contributed by atoms with Gasteiger partial charge in [-0.3, -0.25) is 4.79 Å². The van der Waals surface area contributed by atoms with Crippen LogP contribution in [0.1, 0.15) is 31.4 Å². The van der Waals surface area contributed by atoms with E-state index in [-0.39, 0.29) is 30.3 Å². The number of hydrogen-bond acceptors (Lipinski definition) is 6. The number of carboxylic acid groups (broad SMARTS) is 1. The zero-order valence-electron chi connectivity index (χ0n) is 26.1. The summed E-state index contributed by atoms with van der Waals surface area (Å²) in [7, 11) is -3.95. The standard InChI is InChI=1S/C33H43N4O7S/c1-21-26(31(33(41)42)35-30(21)28(22(2)39)32(35)40)20-34-19-24-5-3-6-25-23(7-8-27(29(24)25)45(34,43)44)9-11-37-15-12-36(13-16-37,14-17-37)10-4-18-38/h3,5-8,21-22,28,30,38-39H,4,9-20H2,1-2H3/q+1/p+1/t21-,22+,28+,30+,36?,37?/m0/s1. The van der Waals surface area contributed by atoms with Crippen LogP contribution < -0.4 is 0 Å². The van der Waals surface area contributed by atoms with Gasteiger partial charge >= 0.3 is 5.97 Å². The van der Waals surface area contributed by atoms with Crippen LogP contribution in [0.3, 0.4) is 0 Å². The summed E-state index contributed by atoms with van der Waals surface area (Å²) in [6, 6.07) is 9.11. The summed E-state index contributed by atoms with van der Waals surface area (Å²) < 4.78 is 31.8. The molecule has 4 saturated heterocycles. The van der Waals surface area contributed by atoms with Gasteiger partial charge in [0.25, 0.3) is 0 Å². The number of aliphatic carboxylic acids is 1. The third kappa shape index (κ3) is 4.67. The van der Waals surface area contributed by atoms with E-state index in [1.807, 2.05) is 31.2 Å². The number of aliphatic hydroxyl groups excluding tert-OH is 2. The number of amides is 1. The lowest BCUT2D eigenvalue weighted by Crippen LogP contribution is -2.75. The first-order valence-electron chi connectivity index (χ1n) is 16.2. The number of β-lactam (4-membered cyclic amide) rings is 1. The van der Waals surface area contributed by atoms with Crippen LogP contribution in [0.15, 0.2) is 46.5 Å². The van der Waals surface area contributed by atoms with Gasteiger partial charge in [-0.25, -0.2) is 13.2 Å². The van der Waals surface area contributed by atoms with Gasteiger partial charge in [-0.15, -0.1) is 0 Å². The highest BCUT2D eigenvalue weighted by molar-refractivity contribution is 7.89. The van der Waals surface area contributed by atoms with Gasteiger partial charge in [0.1, 0.15) is 45.0 Å². The molecule has 6 aliphatic heterocycles. The van der Waals surface area contributed by atoms with Crippen LogP contribution in [0.5, 0.6) is 0 Å². The molecule has 6 aliphatic rings. The first-order valence-corrected chi connectivity index (χ1v) is 17.7. The Labute approximate surface area is 264 Å². The lowest BCUT2D eigenvalue weighted by Gasteiger charge is -2.55. The smallest absolute Gasteiger partial charge is 0.352 e. The molecule has 45 heavy (non-hydrogen) atoms. The van der Waals surface area contributed by atoms with E-state index in [4.69, 9.17) is 0 Å². The molecule has 8 rings (SSSR count). The van der Waals surface area contributed by atoms with E-state index in [0.717, 1.165) is 96.1 Å². The number of carbonyl (C=O) groups is 2. The number of rotatable bonds is 10. The van der Waals surface area contributed by atoms with Crippen molar-refractivity contribution in [2.24, 2.45) is 11.8 Å². The lowest BCUT2D eigenvalue weighted by atomic mass is 9.78. The number of aliphatic hydroxyl groups is 2. The number of hydrogen-bond donors (Lipinski definition) is 3. The van der Waals surface area contributed by atoms with E-state index in [9.17, 15) is 33.3 Å². The summed E-state index contributed by atoms with van der Waals surface area (Å²) in [5.41, 5.74) is 2.28. The summed E-state index contributed by atoms with van der Waals surface area (Å²) in [4.78, 5) is 26.6. The number of sulfonamides is 1. The molecule has 0 aromatic heterocycles. The molecule has 12 heteroatoms. The molecule has 4 fully saturated rings. The van der Waals surface area contributed by atoms with E-state index in [1.165, 1.54) is 16.1 Å². The second-order valence-corrected chi connectivity index (χ2v) is 16.0. The SMILES string of the molecule is C[C@@H](O)[C@H]1C(=O)N2C(C(=O)O)=C(CN3Cc4cccc5c(CC[N+]67CC[N+](CCCO)(CC6)CC7)ccc(c45)S3(=O)=O)[C@H](C)[C@H]12. The second-order valence-electron chi connectivity index (χ2n) is 14.1. The van der Waals surface area contributed by atoms with Crippen molar-refractivity contribution >= 4 is 32.7 Å². The van der Waals surface area contributed by atoms with Crippen molar-refractivity contribution in [3.8, 4) is 0 Å². The van der Waals surface area contributed by atoms with Gasteiger partial charge < -0.3 is 29.2 Å². The first kappa shape index (κ1) is 30.8. The van der Waals surface area contributed by atoms with Crippen LogP contribution >= 0.6 is 0 Å². The summed E-state index contributed by atoms with van der Waals surface area (Å²) in [5.74, 6) is -2.80. The molecular weight excluding hydrogens is 596 g/mol. The Morgan fingerprint density at radius 3 is 2.33 bits per heavy atom. The molecule has 242 valence electrons. The van der Waals surface area contributed by atoms with Crippen molar-refractivity contribution in [2.45, 2.75) is 50.3 Å². The van der Waals surface area contributed by atoms with Crippen LogP contribution in [0, 0.1) is 11.8 Å². The fraction of sp³-hybridized carbons (Fsp3) is 0.576. The maximum absolute atomic E-state index is 14.1. The molecule has 6 heterocycles. The zero-order chi connectivity index (χ0) is 31.9. The molecule has 0 aliphatic carbocycles. The van der Waals surface area contributed by atoms with Crippen molar-refractivity contribution < 1.29 is 42.3 Å². The van der Waals surface area contributed by atoms with Crippen LogP contribution in [0.2, 0.25) is 0 Å². The number of carboxylic acids is 1. The number of fused-ring (bicyclic) bond motifs is 4. The molecule has 2 bridgehead atoms. The minimum Gasteiger partial charge on any atom is -0.477 e. The molecule has 2 aromatic rings. The fourth-order valence-corrected chi connectivity index (χ4v) is 10.7. The van der Waals surface area contributed by atoms with E-state index in [0.29, 0.717) is 5.57 Å². The molecular formula is C33H44N4O7S+2. The Bertz CT molecular complexity index is 1700. The topological polar surface area (TPSA) is 135 Å². The monoisotopic (exact) mass is 640 g/mol. The van der Waals surface area contributed by atoms with Crippen LogP contribution in [-0.4, -0.2) is 131 Å². The van der Waals surface area contributed by atoms with Gasteiger partial charge in [-0.2, -0.15) is 4.31 Å². The summed E-state index contributed by atoms with van der Waals surface area (Å²) in [6.07, 6.45) is 0.801. The molecule has 0 spiro atoms. The largest absolute Gasteiger partial charge is 0.477 e. The molecule has 3 N–H and O–H groups in total. The molecule has 2 aromatic carbocycles. The lowest BCUT2D eigenvalue weighted by molar-refractivity contribution is -1.08. The van der Waals surface area contributed by atoms with Gasteiger partial charge in [0, 0.05) is 43.8 Å². The Hall–Kier alpha value is -2.87. The van der Waals surface area contributed by atoms with E-state index < -0.39 is 45.9 Å². The molecule has 0 unspecified atom stereocenters. The Kier molecular flexibility index (Phi) is 7.42. The molecule has 1 amide bonds. The Morgan fingerprint density at radius 1 is 1.04 bits per heavy atom. The second kappa shape index (κ2) is 10.9. The fourth-order valence-electron chi connectivity index (χ4n) is 9.05. The minimum atomic E-state index is -3.95. The van der Waals surface area contributed by atoms with Crippen molar-refractivity contribution in [3.63, 3.8) is 0 Å². The number of piperazine rings is 3. The number of nitrogens with zero attached hydrogens (tertiary/aromatic N) is 4. The highest BCUT2D eigenvalue weighted by Crippen LogP contribution is 2.48. The molecule has 11 nitrogen and oxygen atoms in total. The average Bonchev–Trinajstić information content (AvgIpc) is 3.26. The maximum atomic E-state index is 14.1. The first-order chi connectivity index (χ1) is 21.4. The summed E-state index contributed by atoms with van der Waals surface area (Å²) in [6.45, 7) is 12.6. The highest BCUT2D eigenvalue weighted by atomic mass is 32.2. The van der Waals surface area contributed by atoms with Gasteiger partial charge in [-0.05, 0) is 35.1 Å². The summed E-state index contributed by atoms with van der Waals surface area (Å²) >= 11 is 0. The minimum absolute atomic E-state index is 0.117.